The molecular weight excluding hydrogens is 214 g/mol. The molecule has 0 saturated heterocycles. The van der Waals surface area contributed by atoms with Gasteiger partial charge in [-0.3, -0.25) is 0 Å². The van der Waals surface area contributed by atoms with E-state index >= 15 is 0 Å². The van der Waals surface area contributed by atoms with E-state index in [0.717, 1.165) is 5.56 Å². The lowest BCUT2D eigenvalue weighted by atomic mass is 9.96. The minimum Gasteiger partial charge on any atom is -0.453 e. The Hall–Kier alpha value is -1.40. The molecule has 0 aromatic heterocycles. The van der Waals surface area contributed by atoms with Crippen molar-refractivity contribution in [2.24, 2.45) is 0 Å². The van der Waals surface area contributed by atoms with Gasteiger partial charge in [-0.25, -0.2) is 0 Å². The Labute approximate surface area is 93.2 Å². The van der Waals surface area contributed by atoms with Crippen molar-refractivity contribution in [3.05, 3.63) is 22.2 Å². The van der Waals surface area contributed by atoms with Crippen LogP contribution in [0.5, 0.6) is 11.5 Å². The standard InChI is InChI=1S/C11H10ClNO2/c1-6(2)9-7(4-13)3-8(12)10-11(9)15-5-14-10/h3,6H,5H2,1-2H3. The van der Waals surface area contributed by atoms with Crippen LogP contribution in [0.3, 0.4) is 0 Å². The predicted molar refractivity (Wildman–Crippen MR) is 56.4 cm³/mol. The SMILES string of the molecule is CC(C)c1c(C#N)cc(Cl)c2c1OCO2. The highest BCUT2D eigenvalue weighted by atomic mass is 35.5. The molecule has 15 heavy (non-hydrogen) atoms. The zero-order valence-corrected chi connectivity index (χ0v) is 9.26. The largest absolute Gasteiger partial charge is 0.453 e. The van der Waals surface area contributed by atoms with E-state index in [1.54, 1.807) is 6.07 Å². The van der Waals surface area contributed by atoms with E-state index in [1.807, 2.05) is 13.8 Å². The third-order valence-corrected chi connectivity index (χ3v) is 2.61. The Morgan fingerprint density at radius 2 is 2.07 bits per heavy atom. The number of halogens is 1. The van der Waals surface area contributed by atoms with Gasteiger partial charge < -0.3 is 9.47 Å². The van der Waals surface area contributed by atoms with Gasteiger partial charge in [-0.15, -0.1) is 0 Å². The molecule has 1 heterocycles. The van der Waals surface area contributed by atoms with Crippen molar-refractivity contribution < 1.29 is 9.47 Å². The lowest BCUT2D eigenvalue weighted by Gasteiger charge is -2.11. The second-order valence-corrected chi connectivity index (χ2v) is 4.06. The second kappa shape index (κ2) is 3.63. The van der Waals surface area contributed by atoms with Crippen LogP contribution in [0.2, 0.25) is 5.02 Å². The van der Waals surface area contributed by atoms with Crippen molar-refractivity contribution >= 4 is 11.6 Å². The number of rotatable bonds is 1. The van der Waals surface area contributed by atoms with E-state index in [0.29, 0.717) is 22.1 Å². The van der Waals surface area contributed by atoms with Gasteiger partial charge in [0.25, 0.3) is 0 Å². The van der Waals surface area contributed by atoms with Crippen molar-refractivity contribution in [3.8, 4) is 17.6 Å². The quantitative estimate of drug-likeness (QED) is 0.735. The Bertz CT molecular complexity index is 449. The van der Waals surface area contributed by atoms with Crippen LogP contribution in [0, 0.1) is 11.3 Å². The minimum atomic E-state index is 0.170. The fourth-order valence-electron chi connectivity index (χ4n) is 1.71. The highest BCUT2D eigenvalue weighted by Gasteiger charge is 2.25. The molecule has 0 saturated carbocycles. The van der Waals surface area contributed by atoms with Gasteiger partial charge in [-0.05, 0) is 12.0 Å². The third-order valence-electron chi connectivity index (χ3n) is 2.33. The van der Waals surface area contributed by atoms with Crippen molar-refractivity contribution in [2.45, 2.75) is 19.8 Å². The summed E-state index contributed by atoms with van der Waals surface area (Å²) in [5.74, 6) is 1.38. The van der Waals surface area contributed by atoms with Crippen molar-refractivity contribution in [3.63, 3.8) is 0 Å². The van der Waals surface area contributed by atoms with Crippen molar-refractivity contribution in [1.29, 1.82) is 5.26 Å². The maximum absolute atomic E-state index is 9.02. The summed E-state index contributed by atoms with van der Waals surface area (Å²) >= 11 is 5.97. The lowest BCUT2D eigenvalue weighted by Crippen LogP contribution is -1.97. The molecule has 0 spiro atoms. The first-order valence-electron chi connectivity index (χ1n) is 4.67. The molecule has 1 aliphatic rings. The highest BCUT2D eigenvalue weighted by Crippen LogP contribution is 2.45. The average molecular weight is 224 g/mol. The Kier molecular flexibility index (Phi) is 2.45. The minimum absolute atomic E-state index is 0.170. The number of benzene rings is 1. The first-order valence-corrected chi connectivity index (χ1v) is 5.05. The smallest absolute Gasteiger partial charge is 0.231 e. The molecule has 0 unspecified atom stereocenters. The predicted octanol–water partition coefficient (Wildman–Crippen LogP) is 3.06. The molecule has 0 amide bonds. The van der Waals surface area contributed by atoms with Crippen LogP contribution in [-0.2, 0) is 0 Å². The number of nitriles is 1. The van der Waals surface area contributed by atoms with Gasteiger partial charge in [-0.1, -0.05) is 25.4 Å². The molecule has 2 rings (SSSR count). The number of fused-ring (bicyclic) bond motifs is 1. The first kappa shape index (κ1) is 10.1. The molecular formula is C11H10ClNO2. The molecule has 3 nitrogen and oxygen atoms in total. The molecule has 1 aliphatic heterocycles. The fraction of sp³-hybridized carbons (Fsp3) is 0.364. The maximum Gasteiger partial charge on any atom is 0.231 e. The summed E-state index contributed by atoms with van der Waals surface area (Å²) in [6, 6.07) is 3.76. The summed E-state index contributed by atoms with van der Waals surface area (Å²) < 4.78 is 10.6. The van der Waals surface area contributed by atoms with Gasteiger partial charge in [0.15, 0.2) is 11.5 Å². The van der Waals surface area contributed by atoms with Crippen molar-refractivity contribution in [2.75, 3.05) is 6.79 Å². The zero-order chi connectivity index (χ0) is 11.0. The Morgan fingerprint density at radius 1 is 1.40 bits per heavy atom. The third kappa shape index (κ3) is 1.51. The Morgan fingerprint density at radius 3 is 2.67 bits per heavy atom. The number of ether oxygens (including phenoxy) is 2. The normalized spacial score (nSPS) is 13.0. The topological polar surface area (TPSA) is 42.2 Å². The van der Waals surface area contributed by atoms with Gasteiger partial charge in [0.2, 0.25) is 6.79 Å². The van der Waals surface area contributed by atoms with Crippen molar-refractivity contribution in [1.82, 2.24) is 0 Å². The molecule has 0 bridgehead atoms. The van der Waals surface area contributed by atoms with Crippen LogP contribution in [0.15, 0.2) is 6.07 Å². The van der Waals surface area contributed by atoms with Crippen LogP contribution >= 0.6 is 11.6 Å². The molecule has 0 N–H and O–H groups in total. The summed E-state index contributed by atoms with van der Waals surface area (Å²) in [5, 5.41) is 9.45. The van der Waals surface area contributed by atoms with Gasteiger partial charge in [0.1, 0.15) is 0 Å². The first-order chi connectivity index (χ1) is 7.15. The highest BCUT2D eigenvalue weighted by molar-refractivity contribution is 6.32. The molecule has 4 heteroatoms. The summed E-state index contributed by atoms with van der Waals surface area (Å²) in [4.78, 5) is 0. The molecule has 0 atom stereocenters. The van der Waals surface area contributed by atoms with E-state index in [-0.39, 0.29) is 12.7 Å². The average Bonchev–Trinajstić information content (AvgIpc) is 2.65. The van der Waals surface area contributed by atoms with Crippen LogP contribution in [0.25, 0.3) is 0 Å². The molecule has 0 aliphatic carbocycles. The van der Waals surface area contributed by atoms with Gasteiger partial charge >= 0.3 is 0 Å². The van der Waals surface area contributed by atoms with Crippen LogP contribution in [-0.4, -0.2) is 6.79 Å². The van der Waals surface area contributed by atoms with E-state index in [4.69, 9.17) is 26.3 Å². The number of nitrogens with zero attached hydrogens (tertiary/aromatic N) is 1. The van der Waals surface area contributed by atoms with E-state index < -0.39 is 0 Å². The van der Waals surface area contributed by atoms with Crippen LogP contribution < -0.4 is 9.47 Å². The maximum atomic E-state index is 9.02. The molecule has 0 fully saturated rings. The van der Waals surface area contributed by atoms with E-state index in [1.165, 1.54) is 0 Å². The molecule has 1 aromatic rings. The second-order valence-electron chi connectivity index (χ2n) is 3.65. The summed E-state index contributed by atoms with van der Waals surface area (Å²) in [7, 11) is 0. The summed E-state index contributed by atoms with van der Waals surface area (Å²) in [6.07, 6.45) is 0. The molecule has 78 valence electrons. The monoisotopic (exact) mass is 223 g/mol. The summed E-state index contributed by atoms with van der Waals surface area (Å²) in [5.41, 5.74) is 1.42. The van der Waals surface area contributed by atoms with E-state index in [2.05, 4.69) is 6.07 Å². The van der Waals surface area contributed by atoms with Crippen LogP contribution in [0.1, 0.15) is 30.9 Å². The summed E-state index contributed by atoms with van der Waals surface area (Å²) in [6.45, 7) is 4.18. The molecule has 0 radical (unpaired) electrons. The van der Waals surface area contributed by atoms with E-state index in [9.17, 15) is 0 Å². The number of hydrogen-bond donors (Lipinski definition) is 0. The van der Waals surface area contributed by atoms with Crippen LogP contribution in [0.4, 0.5) is 0 Å². The van der Waals surface area contributed by atoms with Gasteiger partial charge in [0.05, 0.1) is 16.7 Å². The van der Waals surface area contributed by atoms with Gasteiger partial charge in [0, 0.05) is 5.56 Å². The van der Waals surface area contributed by atoms with Gasteiger partial charge in [-0.2, -0.15) is 5.26 Å². The number of hydrogen-bond acceptors (Lipinski definition) is 3. The zero-order valence-electron chi connectivity index (χ0n) is 8.50. The Balaban J connectivity index is 2.72. The fourth-order valence-corrected chi connectivity index (χ4v) is 1.96. The molecule has 1 aromatic carbocycles. The lowest BCUT2D eigenvalue weighted by molar-refractivity contribution is 0.173.